The van der Waals surface area contributed by atoms with Gasteiger partial charge in [-0.3, -0.25) is 0 Å². The Morgan fingerprint density at radius 2 is 2.20 bits per heavy atom. The van der Waals surface area contributed by atoms with Gasteiger partial charge in [0.2, 0.25) is 5.95 Å². The molecule has 0 spiro atoms. The van der Waals surface area contributed by atoms with Crippen molar-refractivity contribution in [3.05, 3.63) is 28.8 Å². The highest BCUT2D eigenvalue weighted by atomic mass is 79.9. The summed E-state index contributed by atoms with van der Waals surface area (Å²) >= 11 is 2.89. The van der Waals surface area contributed by atoms with Crippen LogP contribution in [-0.4, -0.2) is 16.1 Å². The van der Waals surface area contributed by atoms with Crippen LogP contribution in [0.25, 0.3) is 0 Å². The average Bonchev–Trinajstić information content (AvgIpc) is 2.16. The van der Waals surface area contributed by atoms with E-state index >= 15 is 0 Å². The van der Waals surface area contributed by atoms with Crippen molar-refractivity contribution in [3.8, 4) is 0 Å². The Balaban J connectivity index is 3.37. The lowest BCUT2D eigenvalue weighted by molar-refractivity contribution is 0.0694. The summed E-state index contributed by atoms with van der Waals surface area (Å²) < 4.78 is 37.4. The normalized spacial score (nSPS) is 10.7. The molecular weight excluding hydrogens is 279 g/mol. The Hall–Kier alpha value is -1.11. The highest BCUT2D eigenvalue weighted by Crippen LogP contribution is 2.24. The Kier molecular flexibility index (Phi) is 3.67. The number of alkyl halides is 3. The first-order valence-corrected chi connectivity index (χ1v) is 4.86. The maximum absolute atomic E-state index is 12.9. The lowest BCUT2D eigenvalue weighted by Crippen LogP contribution is -2.08. The van der Waals surface area contributed by atoms with E-state index in [1.54, 1.807) is 0 Å². The van der Waals surface area contributed by atoms with Crippen molar-refractivity contribution >= 4 is 21.9 Å². The van der Waals surface area contributed by atoms with Crippen LogP contribution >= 0.6 is 15.9 Å². The zero-order valence-electron chi connectivity index (χ0n) is 7.18. The second kappa shape index (κ2) is 4.61. The van der Waals surface area contributed by atoms with E-state index in [9.17, 15) is 18.0 Å². The summed E-state index contributed by atoms with van der Waals surface area (Å²) in [5.74, 6) is -2.76. The second-order valence-corrected chi connectivity index (χ2v) is 3.16. The molecule has 0 bridgehead atoms. The summed E-state index contributed by atoms with van der Waals surface area (Å²) in [7, 11) is 0. The molecule has 15 heavy (non-hydrogen) atoms. The molecule has 0 saturated carbocycles. The molecule has 0 aliphatic rings. The summed E-state index contributed by atoms with van der Waals surface area (Å²) in [4.78, 5) is 13.8. The van der Waals surface area contributed by atoms with Crippen molar-refractivity contribution in [3.63, 3.8) is 0 Å². The number of carbonyl (C=O) groups is 1. The van der Waals surface area contributed by atoms with Crippen LogP contribution in [-0.2, 0) is 5.33 Å². The topological polar surface area (TPSA) is 50.2 Å². The van der Waals surface area contributed by atoms with Gasteiger partial charge in [0.15, 0.2) is 0 Å². The van der Waals surface area contributed by atoms with Crippen LogP contribution in [0, 0.1) is 5.95 Å². The van der Waals surface area contributed by atoms with Crippen LogP contribution in [0.15, 0.2) is 6.07 Å². The highest BCUT2D eigenvalue weighted by Gasteiger charge is 2.21. The number of hydrogen-bond acceptors (Lipinski definition) is 2. The molecule has 0 unspecified atom stereocenters. The highest BCUT2D eigenvalue weighted by molar-refractivity contribution is 9.08. The second-order valence-electron chi connectivity index (χ2n) is 2.60. The minimum Gasteiger partial charge on any atom is -0.478 e. The van der Waals surface area contributed by atoms with Gasteiger partial charge in [-0.2, -0.15) is 4.39 Å². The maximum Gasteiger partial charge on any atom is 0.337 e. The molecule has 0 aromatic carbocycles. The summed E-state index contributed by atoms with van der Waals surface area (Å²) in [5.41, 5.74) is -1.55. The van der Waals surface area contributed by atoms with Gasteiger partial charge in [0.05, 0.1) is 16.8 Å². The van der Waals surface area contributed by atoms with Gasteiger partial charge in [0.25, 0.3) is 6.43 Å². The fraction of sp³-hybridized carbons (Fsp3) is 0.250. The van der Waals surface area contributed by atoms with Crippen molar-refractivity contribution < 1.29 is 23.1 Å². The van der Waals surface area contributed by atoms with Crippen LogP contribution < -0.4 is 0 Å². The lowest BCUT2D eigenvalue weighted by atomic mass is 10.1. The molecule has 0 fully saturated rings. The predicted octanol–water partition coefficient (Wildman–Crippen LogP) is 2.75. The van der Waals surface area contributed by atoms with Gasteiger partial charge in [-0.25, -0.2) is 18.6 Å². The Labute approximate surface area is 91.1 Å². The van der Waals surface area contributed by atoms with E-state index in [2.05, 4.69) is 20.9 Å². The zero-order chi connectivity index (χ0) is 11.6. The van der Waals surface area contributed by atoms with Gasteiger partial charge in [0, 0.05) is 5.33 Å². The molecule has 7 heteroatoms. The smallest absolute Gasteiger partial charge is 0.337 e. The van der Waals surface area contributed by atoms with Crippen molar-refractivity contribution in [2.75, 3.05) is 0 Å². The fourth-order valence-electron chi connectivity index (χ4n) is 0.982. The fourth-order valence-corrected chi connectivity index (χ4v) is 1.41. The third kappa shape index (κ3) is 2.47. The van der Waals surface area contributed by atoms with Crippen molar-refractivity contribution in [1.82, 2.24) is 4.98 Å². The Bertz CT molecular complexity index is 398. The van der Waals surface area contributed by atoms with E-state index in [0.717, 1.165) is 0 Å². The van der Waals surface area contributed by atoms with Gasteiger partial charge in [-0.15, -0.1) is 0 Å². The van der Waals surface area contributed by atoms with E-state index in [-0.39, 0.29) is 11.0 Å². The summed E-state index contributed by atoms with van der Waals surface area (Å²) in [6.45, 7) is 0. The number of hydrogen-bond donors (Lipinski definition) is 1. The monoisotopic (exact) mass is 283 g/mol. The predicted molar refractivity (Wildman–Crippen MR) is 48.7 cm³/mol. The molecule has 1 aromatic heterocycles. The minimum absolute atomic E-state index is 0.0188. The molecule has 1 N–H and O–H groups in total. The van der Waals surface area contributed by atoms with Gasteiger partial charge in [-0.1, -0.05) is 15.9 Å². The molecule has 1 aromatic rings. The van der Waals surface area contributed by atoms with Crippen LogP contribution in [0.1, 0.15) is 28.0 Å². The number of nitrogens with zero attached hydrogens (tertiary/aromatic N) is 1. The molecule has 82 valence electrons. The number of carboxylic acid groups (broad SMARTS) is 1. The Morgan fingerprint density at radius 1 is 1.60 bits per heavy atom. The number of halogens is 4. The number of pyridine rings is 1. The van der Waals surface area contributed by atoms with Crippen molar-refractivity contribution in [2.45, 2.75) is 11.8 Å². The quantitative estimate of drug-likeness (QED) is 0.686. The van der Waals surface area contributed by atoms with E-state index < -0.39 is 29.5 Å². The molecule has 0 amide bonds. The standard InChI is InChI=1S/C8H5BrF3NO2/c9-2-5-3(8(14)15)1-4(6(10)11)7(12)13-5/h1,6H,2H2,(H,14,15). The molecule has 0 saturated heterocycles. The number of aromatic nitrogens is 1. The SMILES string of the molecule is O=C(O)c1cc(C(F)F)c(F)nc1CBr. The van der Waals surface area contributed by atoms with Gasteiger partial charge < -0.3 is 5.11 Å². The van der Waals surface area contributed by atoms with Crippen LogP contribution in [0.3, 0.4) is 0 Å². The minimum atomic E-state index is -3.08. The molecule has 0 aliphatic heterocycles. The molecule has 3 nitrogen and oxygen atoms in total. The summed E-state index contributed by atoms with van der Waals surface area (Å²) in [6.07, 6.45) is -3.08. The van der Waals surface area contributed by atoms with E-state index in [0.29, 0.717) is 6.07 Å². The maximum atomic E-state index is 12.9. The molecular formula is C8H5BrF3NO2. The number of carboxylic acids is 1. The van der Waals surface area contributed by atoms with Crippen LogP contribution in [0.5, 0.6) is 0 Å². The third-order valence-corrected chi connectivity index (χ3v) is 2.21. The van der Waals surface area contributed by atoms with Crippen LogP contribution in [0.2, 0.25) is 0 Å². The van der Waals surface area contributed by atoms with E-state index in [1.807, 2.05) is 0 Å². The number of rotatable bonds is 3. The van der Waals surface area contributed by atoms with E-state index in [1.165, 1.54) is 0 Å². The molecule has 0 radical (unpaired) electrons. The summed E-state index contributed by atoms with van der Waals surface area (Å²) in [5, 5.41) is 8.65. The summed E-state index contributed by atoms with van der Waals surface area (Å²) in [6, 6.07) is 0.603. The van der Waals surface area contributed by atoms with Gasteiger partial charge in [0.1, 0.15) is 0 Å². The van der Waals surface area contributed by atoms with E-state index in [4.69, 9.17) is 5.11 Å². The molecule has 1 heterocycles. The van der Waals surface area contributed by atoms with Crippen molar-refractivity contribution in [2.24, 2.45) is 0 Å². The zero-order valence-corrected chi connectivity index (χ0v) is 8.76. The van der Waals surface area contributed by atoms with Crippen LogP contribution in [0.4, 0.5) is 13.2 Å². The third-order valence-electron chi connectivity index (χ3n) is 1.67. The molecule has 1 rings (SSSR count). The Morgan fingerprint density at radius 3 is 2.60 bits per heavy atom. The first-order valence-electron chi connectivity index (χ1n) is 3.74. The lowest BCUT2D eigenvalue weighted by Gasteiger charge is -2.06. The average molecular weight is 284 g/mol. The van der Waals surface area contributed by atoms with Gasteiger partial charge >= 0.3 is 5.97 Å². The molecule has 0 atom stereocenters. The first kappa shape index (κ1) is 12.0. The largest absolute Gasteiger partial charge is 0.478 e. The molecule has 0 aliphatic carbocycles. The van der Waals surface area contributed by atoms with Gasteiger partial charge in [-0.05, 0) is 6.07 Å². The number of aromatic carboxylic acids is 1. The first-order chi connectivity index (χ1) is 6.97. The van der Waals surface area contributed by atoms with Crippen molar-refractivity contribution in [1.29, 1.82) is 0 Å².